The van der Waals surface area contributed by atoms with Crippen LogP contribution in [0.2, 0.25) is 0 Å². The first kappa shape index (κ1) is 50.7. The van der Waals surface area contributed by atoms with E-state index in [1.54, 1.807) is 19.4 Å². The highest BCUT2D eigenvalue weighted by Crippen LogP contribution is 2.72. The Labute approximate surface area is 419 Å². The fourth-order valence-electron chi connectivity index (χ4n) is 21.0. The minimum atomic E-state index is -4.81. The second-order valence-corrected chi connectivity index (χ2v) is 29.5. The first-order chi connectivity index (χ1) is 32.4. The standard InChI is InChI=1S/C58H88O11S/c1-31(36-15-17-38-34-14-19-45-51(5,6)58(62)46(60)29-57(45,30-66-58)41(34)22-24-53(36,38)9)13-20-47-56(12)27-33(52(7,8)69-56)25-43(67-47)32(2)37-16-18-39-35-26-44(68-70(63,64)65)48-50(3,4)49(61)42(59)28-55(48,11)40(35)21-23-54(37,39)10/h19,31-33,36-39,42-44,46-48,59-60,62H,13-18,20-30H2,1-12H3,(H,63,64,65)/t31-,32+,33-,36-,37-,38+,39+,42+,43-,44+,46+,47+,48?,53-,54-,55-,56-,57+,58-/m1/s1. The van der Waals surface area contributed by atoms with Gasteiger partial charge in [-0.1, -0.05) is 96.3 Å². The molecule has 8 fully saturated rings. The normalized spacial score (nSPS) is 50.5. The van der Waals surface area contributed by atoms with Crippen LogP contribution in [-0.2, 0) is 33.6 Å². The molecule has 0 amide bonds. The average molecular weight is 993 g/mol. The molecule has 70 heavy (non-hydrogen) atoms. The molecule has 1 spiro atoms. The smallest absolute Gasteiger partial charge is 0.387 e. The van der Waals surface area contributed by atoms with Crippen molar-refractivity contribution in [2.75, 3.05) is 6.61 Å². The topological polar surface area (TPSA) is 169 Å². The van der Waals surface area contributed by atoms with Crippen molar-refractivity contribution >= 4 is 16.2 Å². The Morgan fingerprint density at radius 3 is 2.16 bits per heavy atom. The minimum Gasteiger partial charge on any atom is -0.387 e. The second kappa shape index (κ2) is 15.8. The highest BCUT2D eigenvalue weighted by atomic mass is 32.3. The Hall–Kier alpha value is -1.48. The fraction of sp³-hybridized carbons (Fsp3) is 0.879. The van der Waals surface area contributed by atoms with E-state index < -0.39 is 56.7 Å². The molecule has 4 bridgehead atoms. The molecule has 0 aromatic heterocycles. The van der Waals surface area contributed by atoms with Crippen molar-refractivity contribution in [2.24, 2.45) is 79.8 Å². The highest BCUT2D eigenvalue weighted by molar-refractivity contribution is 7.80. The number of allylic oxidation sites excluding steroid dienone is 3. The SMILES string of the molecule is C[C@@H]([C@H]1CC[C@H]2C3=C(CC[C@]12C)[C@@]1(C)C[C@H](O)C(=O)C(C)(C)C1[C@@H](OS(=O)(=O)O)C3)[C@H]1C[C@@H]2C[C@@](C)(OC2(C)C)[C@H](CC[C@@H](C)[C@H]2CC[C@H]3C4=C(CC[C@]23C)[C@@]23CO[C@](O)([C@@H](O)C2)C(C)(C)C3=CC4)O1. The van der Waals surface area contributed by atoms with Gasteiger partial charge in [0.1, 0.15) is 12.2 Å². The molecule has 4 heterocycles. The van der Waals surface area contributed by atoms with E-state index in [1.165, 1.54) is 35.1 Å². The van der Waals surface area contributed by atoms with E-state index >= 15 is 0 Å². The number of ketones is 1. The van der Waals surface area contributed by atoms with Crippen molar-refractivity contribution < 1.29 is 51.5 Å². The first-order valence-electron chi connectivity index (χ1n) is 27.8. The third-order valence-corrected chi connectivity index (χ3v) is 24.7. The summed E-state index contributed by atoms with van der Waals surface area (Å²) in [5, 5.41) is 34.2. The molecular weight excluding hydrogens is 905 g/mol. The van der Waals surface area contributed by atoms with Crippen LogP contribution in [0.1, 0.15) is 186 Å². The summed E-state index contributed by atoms with van der Waals surface area (Å²) in [7, 11) is -4.81. The van der Waals surface area contributed by atoms with Gasteiger partial charge in [0, 0.05) is 22.2 Å². The Morgan fingerprint density at radius 2 is 1.49 bits per heavy atom. The van der Waals surface area contributed by atoms with E-state index in [2.05, 4.69) is 75.3 Å². The third kappa shape index (κ3) is 6.83. The van der Waals surface area contributed by atoms with E-state index in [0.717, 1.165) is 70.6 Å². The molecule has 12 heteroatoms. The lowest BCUT2D eigenvalue weighted by Gasteiger charge is -2.65. The summed E-state index contributed by atoms with van der Waals surface area (Å²) in [6.45, 7) is 27.2. The number of aliphatic hydroxyl groups is 3. The molecule has 0 aromatic carbocycles. The van der Waals surface area contributed by atoms with Gasteiger partial charge in [-0.25, -0.2) is 4.18 Å². The summed E-state index contributed by atoms with van der Waals surface area (Å²) in [6, 6.07) is 0. The Bertz CT molecular complexity index is 2420. The van der Waals surface area contributed by atoms with Crippen LogP contribution in [0.5, 0.6) is 0 Å². The van der Waals surface area contributed by atoms with Crippen molar-refractivity contribution in [3.05, 3.63) is 33.9 Å². The lowest BCUT2D eigenvalue weighted by atomic mass is 9.45. The molecule has 392 valence electrons. The van der Waals surface area contributed by atoms with Gasteiger partial charge in [-0.15, -0.1) is 0 Å². The summed E-state index contributed by atoms with van der Waals surface area (Å²) in [6.07, 6.45) is 14.0. The Kier molecular flexibility index (Phi) is 11.4. The lowest BCUT2D eigenvalue weighted by Crippen LogP contribution is -2.70. The highest BCUT2D eigenvalue weighted by Gasteiger charge is 2.70. The van der Waals surface area contributed by atoms with Gasteiger partial charge in [0.05, 0.1) is 36.1 Å². The summed E-state index contributed by atoms with van der Waals surface area (Å²) in [4.78, 5) is 13.5. The van der Waals surface area contributed by atoms with Crippen LogP contribution in [0.4, 0.5) is 0 Å². The molecule has 1 unspecified atom stereocenters. The van der Waals surface area contributed by atoms with Crippen LogP contribution >= 0.6 is 0 Å². The number of ether oxygens (including phenoxy) is 3. The number of fused-ring (bicyclic) bond motifs is 10. The molecule has 4 saturated carbocycles. The number of aliphatic hydroxyl groups excluding tert-OH is 2. The van der Waals surface area contributed by atoms with Crippen LogP contribution in [-0.4, -0.2) is 88.2 Å². The number of hydrogen-bond acceptors (Lipinski definition) is 10. The van der Waals surface area contributed by atoms with Crippen molar-refractivity contribution in [2.45, 2.75) is 233 Å². The minimum absolute atomic E-state index is 0.0325. The second-order valence-electron chi connectivity index (χ2n) is 28.4. The quantitative estimate of drug-likeness (QED) is 0.135. The molecule has 0 aromatic rings. The lowest BCUT2D eigenvalue weighted by molar-refractivity contribution is -0.359. The van der Waals surface area contributed by atoms with Crippen molar-refractivity contribution in [3.8, 4) is 0 Å². The molecule has 0 radical (unpaired) electrons. The van der Waals surface area contributed by atoms with E-state index in [9.17, 15) is 33.1 Å². The van der Waals surface area contributed by atoms with Crippen LogP contribution in [0.3, 0.4) is 0 Å². The number of hydrogen-bond donors (Lipinski definition) is 4. The predicted molar refractivity (Wildman–Crippen MR) is 266 cm³/mol. The molecule has 12 aliphatic rings. The van der Waals surface area contributed by atoms with Crippen LogP contribution in [0.15, 0.2) is 33.9 Å². The molecule has 4 N–H and O–H groups in total. The van der Waals surface area contributed by atoms with Gasteiger partial charge in [-0.05, 0) is 181 Å². The first-order valence-corrected chi connectivity index (χ1v) is 29.2. The summed E-state index contributed by atoms with van der Waals surface area (Å²) in [5.74, 6) is 0.535. The van der Waals surface area contributed by atoms with Gasteiger partial charge in [-0.3, -0.25) is 9.35 Å². The summed E-state index contributed by atoms with van der Waals surface area (Å²) < 4.78 is 61.6. The summed E-state index contributed by atoms with van der Waals surface area (Å²) in [5.41, 5.74) is 3.76. The van der Waals surface area contributed by atoms with Gasteiger partial charge in [0.2, 0.25) is 5.79 Å². The number of carbonyl (C=O) groups excluding carboxylic acids is 1. The summed E-state index contributed by atoms with van der Waals surface area (Å²) >= 11 is 0. The van der Waals surface area contributed by atoms with Gasteiger partial charge < -0.3 is 29.5 Å². The number of rotatable bonds is 8. The molecule has 19 atom stereocenters. The van der Waals surface area contributed by atoms with Crippen molar-refractivity contribution in [1.29, 1.82) is 0 Å². The zero-order valence-corrected chi connectivity index (χ0v) is 45.5. The Morgan fingerprint density at radius 1 is 0.843 bits per heavy atom. The van der Waals surface area contributed by atoms with E-state index in [-0.39, 0.29) is 63.7 Å². The van der Waals surface area contributed by atoms with Crippen LogP contribution < -0.4 is 0 Å². The maximum Gasteiger partial charge on any atom is 0.397 e. The third-order valence-electron chi connectivity index (χ3n) is 24.2. The van der Waals surface area contributed by atoms with E-state index in [4.69, 9.17) is 18.4 Å². The monoisotopic (exact) mass is 993 g/mol. The molecular formula is C58H88O11S. The Balaban J connectivity index is 0.823. The zero-order chi connectivity index (χ0) is 50.5. The fourth-order valence-corrected chi connectivity index (χ4v) is 21.5. The van der Waals surface area contributed by atoms with Crippen molar-refractivity contribution in [1.82, 2.24) is 0 Å². The maximum atomic E-state index is 13.5. The van der Waals surface area contributed by atoms with Gasteiger partial charge in [-0.2, -0.15) is 8.42 Å². The van der Waals surface area contributed by atoms with Crippen LogP contribution in [0, 0.1) is 79.8 Å². The molecule has 12 rings (SSSR count). The van der Waals surface area contributed by atoms with Gasteiger partial charge >= 0.3 is 10.4 Å². The van der Waals surface area contributed by atoms with Gasteiger partial charge in [0.15, 0.2) is 5.78 Å². The molecule has 4 saturated heterocycles. The van der Waals surface area contributed by atoms with Crippen LogP contribution in [0.25, 0.3) is 0 Å². The number of Topliss-reactive ketones (excluding diaryl/α,β-unsaturated/α-hetero) is 1. The van der Waals surface area contributed by atoms with Gasteiger partial charge in [0.25, 0.3) is 0 Å². The molecule has 4 aliphatic heterocycles. The van der Waals surface area contributed by atoms with E-state index in [0.29, 0.717) is 49.0 Å². The average Bonchev–Trinajstić information content (AvgIpc) is 3.83. The van der Waals surface area contributed by atoms with E-state index in [1.807, 2.05) is 0 Å². The van der Waals surface area contributed by atoms with Crippen molar-refractivity contribution in [3.63, 3.8) is 0 Å². The zero-order valence-electron chi connectivity index (χ0n) is 44.7. The number of carbonyl (C=O) groups is 1. The largest absolute Gasteiger partial charge is 0.397 e. The molecule has 8 aliphatic carbocycles. The predicted octanol–water partition coefficient (Wildman–Crippen LogP) is 10.4. The maximum absolute atomic E-state index is 13.5. The molecule has 11 nitrogen and oxygen atoms in total.